The van der Waals surface area contributed by atoms with E-state index < -0.39 is 23.7 Å². The fraction of sp³-hybridized carbons (Fsp3) is 0.333. The van der Waals surface area contributed by atoms with E-state index in [0.717, 1.165) is 18.2 Å². The van der Waals surface area contributed by atoms with Crippen molar-refractivity contribution in [2.75, 3.05) is 6.61 Å². The van der Waals surface area contributed by atoms with Crippen LogP contribution < -0.4 is 0 Å². The number of aliphatic hydroxyl groups excluding tert-OH is 3. The minimum Gasteiger partial charge on any atom is -0.508 e. The SMILES string of the molecule is O=[N+]([O-])c1ccc(O)c(C(O)C(O)CO)c1. The van der Waals surface area contributed by atoms with Crippen molar-refractivity contribution in [3.05, 3.63) is 33.9 Å². The van der Waals surface area contributed by atoms with E-state index in [4.69, 9.17) is 10.2 Å². The largest absolute Gasteiger partial charge is 0.508 e. The highest BCUT2D eigenvalue weighted by molar-refractivity contribution is 5.44. The zero-order valence-corrected chi connectivity index (χ0v) is 8.15. The molecule has 1 rings (SSSR count). The van der Waals surface area contributed by atoms with E-state index in [9.17, 15) is 20.3 Å². The Hall–Kier alpha value is -1.70. The molecule has 0 saturated heterocycles. The highest BCUT2D eigenvalue weighted by atomic mass is 16.6. The van der Waals surface area contributed by atoms with Gasteiger partial charge in [0.15, 0.2) is 0 Å². The molecule has 0 radical (unpaired) electrons. The Balaban J connectivity index is 3.11. The standard InChI is InChI=1S/C9H11NO6/c11-4-8(13)9(14)6-3-5(10(15)16)1-2-7(6)12/h1-3,8-9,11-14H,4H2. The molecular weight excluding hydrogens is 218 g/mol. The van der Waals surface area contributed by atoms with Gasteiger partial charge >= 0.3 is 0 Å². The summed E-state index contributed by atoms with van der Waals surface area (Å²) in [5.41, 5.74) is -0.521. The third-order valence-corrected chi connectivity index (χ3v) is 2.09. The minimum atomic E-state index is -1.58. The van der Waals surface area contributed by atoms with Gasteiger partial charge in [-0.3, -0.25) is 10.1 Å². The lowest BCUT2D eigenvalue weighted by Gasteiger charge is -2.16. The summed E-state index contributed by atoms with van der Waals surface area (Å²) in [6.07, 6.45) is -3.09. The molecule has 4 N–H and O–H groups in total. The van der Waals surface area contributed by atoms with E-state index in [2.05, 4.69) is 0 Å². The van der Waals surface area contributed by atoms with Crippen LogP contribution in [0.3, 0.4) is 0 Å². The van der Waals surface area contributed by atoms with Crippen LogP contribution in [0.5, 0.6) is 5.75 Å². The Kier molecular flexibility index (Phi) is 3.78. The Morgan fingerprint density at radius 2 is 2.00 bits per heavy atom. The number of benzene rings is 1. The molecular formula is C9H11NO6. The Bertz CT molecular complexity index is 394. The maximum Gasteiger partial charge on any atom is 0.270 e. The van der Waals surface area contributed by atoms with E-state index >= 15 is 0 Å². The fourth-order valence-electron chi connectivity index (χ4n) is 1.20. The third-order valence-electron chi connectivity index (χ3n) is 2.09. The fourth-order valence-corrected chi connectivity index (χ4v) is 1.20. The lowest BCUT2D eigenvalue weighted by atomic mass is 10.0. The van der Waals surface area contributed by atoms with E-state index in [0.29, 0.717) is 0 Å². The van der Waals surface area contributed by atoms with Crippen LogP contribution in [0.2, 0.25) is 0 Å². The van der Waals surface area contributed by atoms with Gasteiger partial charge in [0.1, 0.15) is 18.0 Å². The van der Waals surface area contributed by atoms with Crippen LogP contribution >= 0.6 is 0 Å². The Morgan fingerprint density at radius 3 is 2.50 bits per heavy atom. The number of aliphatic hydroxyl groups is 3. The molecule has 0 aliphatic heterocycles. The highest BCUT2D eigenvalue weighted by Crippen LogP contribution is 2.29. The number of phenols is 1. The summed E-state index contributed by atoms with van der Waals surface area (Å²) < 4.78 is 0. The summed E-state index contributed by atoms with van der Waals surface area (Å²) in [7, 11) is 0. The molecule has 0 aromatic heterocycles. The summed E-state index contributed by atoms with van der Waals surface area (Å²) in [6.45, 7) is -0.719. The second-order valence-electron chi connectivity index (χ2n) is 3.19. The first-order valence-electron chi connectivity index (χ1n) is 4.41. The molecule has 7 heteroatoms. The normalized spacial score (nSPS) is 14.4. The number of nitrogens with zero attached hydrogens (tertiary/aromatic N) is 1. The zero-order chi connectivity index (χ0) is 12.3. The molecule has 0 aliphatic rings. The molecule has 0 amide bonds. The van der Waals surface area contributed by atoms with Gasteiger partial charge < -0.3 is 20.4 Å². The Morgan fingerprint density at radius 1 is 1.38 bits per heavy atom. The van der Waals surface area contributed by atoms with Gasteiger partial charge in [0.2, 0.25) is 0 Å². The number of nitro groups is 1. The van der Waals surface area contributed by atoms with Crippen molar-refractivity contribution in [1.29, 1.82) is 0 Å². The van der Waals surface area contributed by atoms with Crippen molar-refractivity contribution in [3.63, 3.8) is 0 Å². The van der Waals surface area contributed by atoms with Gasteiger partial charge in [-0.15, -0.1) is 0 Å². The smallest absolute Gasteiger partial charge is 0.270 e. The molecule has 0 heterocycles. The molecule has 2 atom stereocenters. The number of aromatic hydroxyl groups is 1. The van der Waals surface area contributed by atoms with E-state index in [1.54, 1.807) is 0 Å². The number of hydrogen-bond acceptors (Lipinski definition) is 6. The summed E-state index contributed by atoms with van der Waals surface area (Å²) in [5.74, 6) is -0.384. The lowest BCUT2D eigenvalue weighted by Crippen LogP contribution is -2.22. The lowest BCUT2D eigenvalue weighted by molar-refractivity contribution is -0.385. The van der Waals surface area contributed by atoms with Crippen molar-refractivity contribution in [3.8, 4) is 5.75 Å². The monoisotopic (exact) mass is 229 g/mol. The number of nitro benzene ring substituents is 1. The summed E-state index contributed by atoms with van der Waals surface area (Å²) in [4.78, 5) is 9.76. The molecule has 88 valence electrons. The minimum absolute atomic E-state index is 0.198. The van der Waals surface area contributed by atoms with Crippen LogP contribution in [0.4, 0.5) is 5.69 Å². The molecule has 0 bridgehead atoms. The van der Waals surface area contributed by atoms with Gasteiger partial charge in [0.25, 0.3) is 5.69 Å². The second-order valence-corrected chi connectivity index (χ2v) is 3.19. The van der Waals surface area contributed by atoms with Crippen LogP contribution in [-0.4, -0.2) is 38.1 Å². The molecule has 0 fully saturated rings. The van der Waals surface area contributed by atoms with Gasteiger partial charge in [0.05, 0.1) is 11.5 Å². The second kappa shape index (κ2) is 4.88. The predicted molar refractivity (Wildman–Crippen MR) is 52.8 cm³/mol. The van der Waals surface area contributed by atoms with Crippen LogP contribution in [0.25, 0.3) is 0 Å². The van der Waals surface area contributed by atoms with Gasteiger partial charge in [-0.1, -0.05) is 0 Å². The third kappa shape index (κ3) is 2.45. The zero-order valence-electron chi connectivity index (χ0n) is 8.15. The molecule has 16 heavy (non-hydrogen) atoms. The van der Waals surface area contributed by atoms with E-state index in [1.165, 1.54) is 0 Å². The van der Waals surface area contributed by atoms with Crippen molar-refractivity contribution in [1.82, 2.24) is 0 Å². The number of rotatable bonds is 4. The summed E-state index contributed by atoms with van der Waals surface area (Å²) in [6, 6.07) is 3.05. The van der Waals surface area contributed by atoms with Crippen LogP contribution in [-0.2, 0) is 0 Å². The maximum absolute atomic E-state index is 10.5. The first-order valence-corrected chi connectivity index (χ1v) is 4.41. The van der Waals surface area contributed by atoms with Crippen molar-refractivity contribution in [2.45, 2.75) is 12.2 Å². The molecule has 7 nitrogen and oxygen atoms in total. The number of non-ortho nitro benzene ring substituents is 1. The predicted octanol–water partition coefficient (Wildman–Crippen LogP) is -0.313. The molecule has 1 aromatic rings. The average molecular weight is 229 g/mol. The molecule has 0 aliphatic carbocycles. The highest BCUT2D eigenvalue weighted by Gasteiger charge is 2.22. The van der Waals surface area contributed by atoms with Crippen LogP contribution in [0.1, 0.15) is 11.7 Å². The van der Waals surface area contributed by atoms with Crippen molar-refractivity contribution < 1.29 is 25.3 Å². The van der Waals surface area contributed by atoms with Gasteiger partial charge in [-0.25, -0.2) is 0 Å². The van der Waals surface area contributed by atoms with E-state index in [-0.39, 0.29) is 17.0 Å². The quantitative estimate of drug-likeness (QED) is 0.414. The summed E-state index contributed by atoms with van der Waals surface area (Å²) >= 11 is 0. The summed E-state index contributed by atoms with van der Waals surface area (Å²) in [5, 5.41) is 47.1. The molecule has 2 unspecified atom stereocenters. The van der Waals surface area contributed by atoms with Crippen LogP contribution in [0, 0.1) is 10.1 Å². The van der Waals surface area contributed by atoms with E-state index in [1.807, 2.05) is 0 Å². The average Bonchev–Trinajstić information content (AvgIpc) is 2.27. The van der Waals surface area contributed by atoms with Gasteiger partial charge in [-0.2, -0.15) is 0 Å². The first kappa shape index (κ1) is 12.4. The topological polar surface area (TPSA) is 124 Å². The number of hydrogen-bond donors (Lipinski definition) is 4. The molecule has 0 spiro atoms. The first-order chi connectivity index (χ1) is 7.47. The van der Waals surface area contributed by atoms with Crippen molar-refractivity contribution in [2.24, 2.45) is 0 Å². The van der Waals surface area contributed by atoms with Crippen LogP contribution in [0.15, 0.2) is 18.2 Å². The van der Waals surface area contributed by atoms with Gasteiger partial charge in [-0.05, 0) is 6.07 Å². The van der Waals surface area contributed by atoms with Crippen molar-refractivity contribution >= 4 is 5.69 Å². The molecule has 0 saturated carbocycles. The van der Waals surface area contributed by atoms with Gasteiger partial charge in [0, 0.05) is 17.7 Å². The molecule has 1 aromatic carbocycles. The Labute approximate surface area is 90.4 Å². The number of phenolic OH excluding ortho intramolecular Hbond substituents is 1. The maximum atomic E-state index is 10.5.